The van der Waals surface area contributed by atoms with Crippen LogP contribution < -0.4 is 14.8 Å². The molecule has 0 fully saturated rings. The van der Waals surface area contributed by atoms with E-state index >= 15 is 0 Å². The molecule has 0 aliphatic carbocycles. The predicted molar refractivity (Wildman–Crippen MR) is 102 cm³/mol. The van der Waals surface area contributed by atoms with Crippen molar-refractivity contribution in [2.45, 2.75) is 0 Å². The minimum Gasteiger partial charge on any atom is -0.497 e. The molecule has 0 spiro atoms. The third-order valence-electron chi connectivity index (χ3n) is 4.03. The van der Waals surface area contributed by atoms with Crippen molar-refractivity contribution in [3.8, 4) is 11.5 Å². The van der Waals surface area contributed by atoms with Crippen LogP contribution in [-0.2, 0) is 9.53 Å². The van der Waals surface area contributed by atoms with E-state index in [4.69, 9.17) is 14.2 Å². The molecule has 3 aromatic rings. The molecule has 0 bridgehead atoms. The summed E-state index contributed by atoms with van der Waals surface area (Å²) in [6.07, 6.45) is 0. The summed E-state index contributed by atoms with van der Waals surface area (Å²) in [4.78, 5) is 24.5. The Labute approximate surface area is 156 Å². The van der Waals surface area contributed by atoms with Crippen LogP contribution in [0.4, 0.5) is 5.69 Å². The fourth-order valence-electron chi connectivity index (χ4n) is 2.70. The molecule has 27 heavy (non-hydrogen) atoms. The summed E-state index contributed by atoms with van der Waals surface area (Å²) in [5, 5.41) is 4.69. The van der Waals surface area contributed by atoms with Crippen LogP contribution in [0.5, 0.6) is 11.5 Å². The summed E-state index contributed by atoms with van der Waals surface area (Å²) in [6.45, 7) is -0.406. The number of rotatable bonds is 6. The van der Waals surface area contributed by atoms with Crippen LogP contribution in [-0.4, -0.2) is 32.7 Å². The van der Waals surface area contributed by atoms with Gasteiger partial charge in [0.1, 0.15) is 17.1 Å². The molecule has 0 aromatic heterocycles. The highest BCUT2D eigenvalue weighted by Gasteiger charge is 2.16. The largest absolute Gasteiger partial charge is 0.497 e. The standard InChI is InChI=1S/C21H19NO5/c1-25-15-10-11-17(19(12-15)26-2)21(24)27-13-20(23)22-18-9-5-7-14-6-3-4-8-16(14)18/h3-12H,13H2,1-2H3,(H,22,23). The van der Waals surface area contributed by atoms with Gasteiger partial charge in [0.25, 0.3) is 5.91 Å². The van der Waals surface area contributed by atoms with E-state index in [1.54, 1.807) is 18.2 Å². The number of hydrogen-bond acceptors (Lipinski definition) is 5. The summed E-state index contributed by atoms with van der Waals surface area (Å²) in [6, 6.07) is 18.0. The lowest BCUT2D eigenvalue weighted by molar-refractivity contribution is -0.119. The molecule has 1 amide bonds. The Bertz CT molecular complexity index is 978. The number of methoxy groups -OCH3 is 2. The van der Waals surface area contributed by atoms with Crippen LogP contribution in [0.3, 0.4) is 0 Å². The molecule has 0 radical (unpaired) electrons. The summed E-state index contributed by atoms with van der Waals surface area (Å²) >= 11 is 0. The fraction of sp³-hybridized carbons (Fsp3) is 0.143. The zero-order chi connectivity index (χ0) is 19.2. The van der Waals surface area contributed by atoms with Crippen molar-refractivity contribution in [2.75, 3.05) is 26.1 Å². The lowest BCUT2D eigenvalue weighted by Crippen LogP contribution is -2.21. The van der Waals surface area contributed by atoms with Crippen molar-refractivity contribution in [3.05, 3.63) is 66.2 Å². The van der Waals surface area contributed by atoms with Crippen molar-refractivity contribution in [2.24, 2.45) is 0 Å². The molecule has 0 saturated carbocycles. The fourth-order valence-corrected chi connectivity index (χ4v) is 2.70. The van der Waals surface area contributed by atoms with E-state index < -0.39 is 18.5 Å². The highest BCUT2D eigenvalue weighted by molar-refractivity contribution is 6.03. The molecular formula is C21H19NO5. The number of benzene rings is 3. The minimum atomic E-state index is -0.650. The van der Waals surface area contributed by atoms with Gasteiger partial charge in [0, 0.05) is 17.1 Å². The first-order valence-electron chi connectivity index (χ1n) is 8.29. The van der Waals surface area contributed by atoms with E-state index in [0.29, 0.717) is 17.2 Å². The summed E-state index contributed by atoms with van der Waals surface area (Å²) in [5.74, 6) is -0.208. The second-order valence-electron chi connectivity index (χ2n) is 5.72. The smallest absolute Gasteiger partial charge is 0.342 e. The Morgan fingerprint density at radius 2 is 1.70 bits per heavy atom. The zero-order valence-electron chi connectivity index (χ0n) is 15.0. The van der Waals surface area contributed by atoms with Crippen molar-refractivity contribution >= 4 is 28.3 Å². The zero-order valence-corrected chi connectivity index (χ0v) is 15.0. The first-order chi connectivity index (χ1) is 13.1. The number of hydrogen-bond donors (Lipinski definition) is 1. The molecular weight excluding hydrogens is 346 g/mol. The number of fused-ring (bicyclic) bond motifs is 1. The maximum Gasteiger partial charge on any atom is 0.342 e. The van der Waals surface area contributed by atoms with Crippen LogP contribution in [0, 0.1) is 0 Å². The molecule has 0 aliphatic rings. The minimum absolute atomic E-state index is 0.219. The van der Waals surface area contributed by atoms with Gasteiger partial charge in [-0.25, -0.2) is 4.79 Å². The van der Waals surface area contributed by atoms with Gasteiger partial charge in [-0.3, -0.25) is 4.79 Å². The monoisotopic (exact) mass is 365 g/mol. The van der Waals surface area contributed by atoms with Gasteiger partial charge in [0.05, 0.1) is 14.2 Å². The molecule has 1 N–H and O–H groups in total. The Balaban J connectivity index is 1.66. The van der Waals surface area contributed by atoms with E-state index in [0.717, 1.165) is 10.8 Å². The van der Waals surface area contributed by atoms with Gasteiger partial charge in [-0.1, -0.05) is 36.4 Å². The van der Waals surface area contributed by atoms with Crippen LogP contribution in [0.2, 0.25) is 0 Å². The second kappa shape index (κ2) is 8.23. The third kappa shape index (κ3) is 4.17. The average Bonchev–Trinajstić information content (AvgIpc) is 2.71. The van der Waals surface area contributed by atoms with E-state index in [-0.39, 0.29) is 5.56 Å². The van der Waals surface area contributed by atoms with Crippen LogP contribution >= 0.6 is 0 Å². The molecule has 6 nitrogen and oxygen atoms in total. The van der Waals surface area contributed by atoms with Crippen molar-refractivity contribution in [1.29, 1.82) is 0 Å². The molecule has 3 aromatic carbocycles. The van der Waals surface area contributed by atoms with Gasteiger partial charge in [-0.15, -0.1) is 0 Å². The number of carbonyl (C=O) groups excluding carboxylic acids is 2. The normalized spacial score (nSPS) is 10.3. The van der Waals surface area contributed by atoms with Gasteiger partial charge in [-0.2, -0.15) is 0 Å². The van der Waals surface area contributed by atoms with E-state index in [2.05, 4.69) is 5.32 Å². The maximum absolute atomic E-state index is 12.3. The van der Waals surface area contributed by atoms with E-state index in [1.807, 2.05) is 36.4 Å². The van der Waals surface area contributed by atoms with Crippen molar-refractivity contribution < 1.29 is 23.8 Å². The molecule has 0 aliphatic heterocycles. The second-order valence-corrected chi connectivity index (χ2v) is 5.72. The first kappa shape index (κ1) is 18.3. The summed E-state index contributed by atoms with van der Waals surface area (Å²) in [7, 11) is 2.96. The quantitative estimate of drug-likeness (QED) is 0.675. The third-order valence-corrected chi connectivity index (χ3v) is 4.03. The van der Waals surface area contributed by atoms with Crippen molar-refractivity contribution in [3.63, 3.8) is 0 Å². The Morgan fingerprint density at radius 3 is 2.48 bits per heavy atom. The molecule has 6 heteroatoms. The number of anilines is 1. The lowest BCUT2D eigenvalue weighted by atomic mass is 10.1. The van der Waals surface area contributed by atoms with Gasteiger partial charge in [0.2, 0.25) is 0 Å². The van der Waals surface area contributed by atoms with Crippen LogP contribution in [0.15, 0.2) is 60.7 Å². The predicted octanol–water partition coefficient (Wildman–Crippen LogP) is 3.65. The Hall–Kier alpha value is -3.54. The molecule has 138 valence electrons. The summed E-state index contributed by atoms with van der Waals surface area (Å²) < 4.78 is 15.4. The lowest BCUT2D eigenvalue weighted by Gasteiger charge is -2.11. The van der Waals surface area contributed by atoms with Crippen molar-refractivity contribution in [1.82, 2.24) is 0 Å². The molecule has 0 unspecified atom stereocenters. The van der Waals surface area contributed by atoms with E-state index in [1.165, 1.54) is 20.3 Å². The Morgan fingerprint density at radius 1 is 0.926 bits per heavy atom. The van der Waals surface area contributed by atoms with Crippen LogP contribution in [0.25, 0.3) is 10.8 Å². The SMILES string of the molecule is COc1ccc(C(=O)OCC(=O)Nc2cccc3ccccc23)c(OC)c1. The average molecular weight is 365 g/mol. The number of carbonyl (C=O) groups is 2. The number of amides is 1. The number of esters is 1. The van der Waals surface area contributed by atoms with Gasteiger partial charge < -0.3 is 19.5 Å². The van der Waals surface area contributed by atoms with Gasteiger partial charge in [-0.05, 0) is 23.6 Å². The maximum atomic E-state index is 12.3. The number of ether oxygens (including phenoxy) is 3. The molecule has 0 saturated heterocycles. The highest BCUT2D eigenvalue weighted by Crippen LogP contribution is 2.25. The topological polar surface area (TPSA) is 73.9 Å². The molecule has 3 rings (SSSR count). The van der Waals surface area contributed by atoms with E-state index in [9.17, 15) is 9.59 Å². The Kier molecular flexibility index (Phi) is 5.56. The molecule has 0 atom stereocenters. The molecule has 0 heterocycles. The summed E-state index contributed by atoms with van der Waals surface area (Å²) in [5.41, 5.74) is 0.882. The van der Waals surface area contributed by atoms with Gasteiger partial charge >= 0.3 is 5.97 Å². The van der Waals surface area contributed by atoms with Gasteiger partial charge in [0.15, 0.2) is 6.61 Å². The highest BCUT2D eigenvalue weighted by atomic mass is 16.5. The first-order valence-corrected chi connectivity index (χ1v) is 8.29. The number of nitrogens with one attached hydrogen (secondary N) is 1. The van der Waals surface area contributed by atoms with Crippen LogP contribution in [0.1, 0.15) is 10.4 Å².